The van der Waals surface area contributed by atoms with E-state index >= 15 is 0 Å². The van der Waals surface area contributed by atoms with Crippen molar-refractivity contribution in [1.29, 1.82) is 0 Å². The van der Waals surface area contributed by atoms with Crippen LogP contribution in [-0.2, 0) is 24.0 Å². The third-order valence-corrected chi connectivity index (χ3v) is 6.86. The lowest BCUT2D eigenvalue weighted by Crippen LogP contribution is -2.12. The summed E-state index contributed by atoms with van der Waals surface area (Å²) < 4.78 is 33.1. The van der Waals surface area contributed by atoms with Crippen LogP contribution in [0.3, 0.4) is 0 Å². The first-order valence-electron chi connectivity index (χ1n) is 16.0. The number of hydrogen-bond donors (Lipinski definition) is 0. The van der Waals surface area contributed by atoms with E-state index in [0.29, 0.717) is 79.2 Å². The molecule has 0 fully saturated rings. The molecule has 0 amide bonds. The maximum Gasteiger partial charge on any atom is 0.343 e. The Kier molecular flexibility index (Phi) is 17.5. The lowest BCUT2D eigenvalue weighted by atomic mass is 10.1. The lowest BCUT2D eigenvalue weighted by Gasteiger charge is -2.11. The Morgan fingerprint density at radius 1 is 0.667 bits per heavy atom. The highest BCUT2D eigenvalue weighted by Gasteiger charge is 2.15. The van der Waals surface area contributed by atoms with Gasteiger partial charge >= 0.3 is 11.9 Å². The molecule has 48 heavy (non-hydrogen) atoms. The third kappa shape index (κ3) is 14.1. The maximum atomic E-state index is 12.8. The van der Waals surface area contributed by atoms with E-state index in [2.05, 4.69) is 13.2 Å². The van der Waals surface area contributed by atoms with Crippen LogP contribution in [0.5, 0.6) is 17.2 Å². The molecule has 3 aromatic rings. The summed E-state index contributed by atoms with van der Waals surface area (Å²) in [5.74, 6) is 0.787. The number of carbonyl (C=O) groups is 2. The zero-order valence-electron chi connectivity index (χ0n) is 27.9. The summed E-state index contributed by atoms with van der Waals surface area (Å²) in [6.07, 6.45) is 6.00. The molecule has 0 aromatic heterocycles. The second kappa shape index (κ2) is 22.2. The van der Waals surface area contributed by atoms with Crippen LogP contribution in [0.15, 0.2) is 86.0 Å². The highest BCUT2D eigenvalue weighted by molar-refractivity contribution is 5.94. The Hall–Kier alpha value is -4.48. The summed E-state index contributed by atoms with van der Waals surface area (Å²) in [5.41, 5.74) is 2.09. The molecule has 0 N–H and O–H groups in total. The van der Waals surface area contributed by atoms with E-state index in [0.717, 1.165) is 44.5 Å². The Morgan fingerprint density at radius 3 is 1.98 bits per heavy atom. The number of benzene rings is 3. The molecule has 258 valence electrons. The lowest BCUT2D eigenvalue weighted by molar-refractivity contribution is -0.287. The standard InChI is InChI=1S/C38H46O10/c1-5-21-45-46-27-10-26-44-33-15-17-34(18-16-33)47-38(40)36-20-19-35(28-29(36)2)48-37(39)32-13-11-31(12-14-32)30(3)43-25-9-8-24-42-23-7-6-22-41-4/h5,11-20,28H,1,3,6-10,21-27H2,2,4H3. The predicted molar refractivity (Wildman–Crippen MR) is 182 cm³/mol. The summed E-state index contributed by atoms with van der Waals surface area (Å²) in [5, 5.41) is 0. The molecule has 0 saturated carbocycles. The average molecular weight is 663 g/mol. The minimum atomic E-state index is -0.532. The number of unbranched alkanes of at least 4 members (excludes halogenated alkanes) is 2. The summed E-state index contributed by atoms with van der Waals surface area (Å²) in [6, 6.07) is 18.3. The minimum absolute atomic E-state index is 0.309. The largest absolute Gasteiger partial charge is 0.494 e. The summed E-state index contributed by atoms with van der Waals surface area (Å²) in [7, 11) is 1.70. The van der Waals surface area contributed by atoms with Crippen LogP contribution >= 0.6 is 0 Å². The molecule has 0 aliphatic heterocycles. The van der Waals surface area contributed by atoms with Crippen molar-refractivity contribution in [3.8, 4) is 17.2 Å². The molecular formula is C38H46O10. The van der Waals surface area contributed by atoms with Gasteiger partial charge in [-0.05, 0) is 92.8 Å². The molecule has 0 radical (unpaired) electrons. The number of aryl methyl sites for hydroxylation is 1. The Labute approximate surface area is 283 Å². The molecule has 0 spiro atoms. The van der Waals surface area contributed by atoms with E-state index in [4.69, 9.17) is 38.2 Å². The molecule has 0 atom stereocenters. The van der Waals surface area contributed by atoms with E-state index in [1.54, 1.807) is 86.8 Å². The zero-order valence-corrected chi connectivity index (χ0v) is 27.9. The monoisotopic (exact) mass is 662 g/mol. The second-order valence-corrected chi connectivity index (χ2v) is 10.7. The Bertz CT molecular complexity index is 1420. The zero-order chi connectivity index (χ0) is 34.4. The van der Waals surface area contributed by atoms with Crippen LogP contribution in [0.1, 0.15) is 63.9 Å². The van der Waals surface area contributed by atoms with Crippen LogP contribution < -0.4 is 14.2 Å². The van der Waals surface area contributed by atoms with Crippen molar-refractivity contribution in [3.05, 3.63) is 108 Å². The van der Waals surface area contributed by atoms with Gasteiger partial charge in [-0.15, -0.1) is 6.58 Å². The summed E-state index contributed by atoms with van der Waals surface area (Å²) in [6.45, 7) is 13.2. The van der Waals surface area contributed by atoms with Gasteiger partial charge in [-0.3, -0.25) is 0 Å². The summed E-state index contributed by atoms with van der Waals surface area (Å²) >= 11 is 0. The van der Waals surface area contributed by atoms with Gasteiger partial charge in [-0.25, -0.2) is 19.4 Å². The fourth-order valence-electron chi connectivity index (χ4n) is 4.25. The van der Waals surface area contributed by atoms with Crippen molar-refractivity contribution in [2.75, 3.05) is 53.4 Å². The second-order valence-electron chi connectivity index (χ2n) is 10.7. The fraction of sp³-hybridized carbons (Fsp3) is 0.368. The minimum Gasteiger partial charge on any atom is -0.494 e. The van der Waals surface area contributed by atoms with E-state index in [1.807, 2.05) is 0 Å². The first-order valence-corrected chi connectivity index (χ1v) is 16.0. The van der Waals surface area contributed by atoms with Crippen molar-refractivity contribution in [1.82, 2.24) is 0 Å². The van der Waals surface area contributed by atoms with Crippen LogP contribution in [0.25, 0.3) is 5.76 Å². The van der Waals surface area contributed by atoms with Gasteiger partial charge in [0.2, 0.25) is 0 Å². The highest BCUT2D eigenvalue weighted by atomic mass is 17.2. The topological polar surface area (TPSA) is 108 Å². The van der Waals surface area contributed by atoms with Gasteiger partial charge in [-0.1, -0.05) is 24.8 Å². The molecule has 3 aromatic carbocycles. The van der Waals surface area contributed by atoms with Crippen molar-refractivity contribution >= 4 is 17.7 Å². The fourth-order valence-corrected chi connectivity index (χ4v) is 4.25. The first-order chi connectivity index (χ1) is 23.4. The van der Waals surface area contributed by atoms with Gasteiger partial charge in [0.25, 0.3) is 0 Å². The molecule has 10 heteroatoms. The Morgan fingerprint density at radius 2 is 1.29 bits per heavy atom. The van der Waals surface area contributed by atoms with Crippen LogP contribution in [0.4, 0.5) is 0 Å². The number of esters is 2. The molecule has 0 heterocycles. The quantitative estimate of drug-likeness (QED) is 0.0182. The van der Waals surface area contributed by atoms with Gasteiger partial charge in [-0.2, -0.15) is 0 Å². The van der Waals surface area contributed by atoms with E-state index in [-0.39, 0.29) is 0 Å². The van der Waals surface area contributed by atoms with E-state index in [9.17, 15) is 9.59 Å². The van der Waals surface area contributed by atoms with Crippen molar-refractivity contribution < 1.29 is 47.8 Å². The first kappa shape index (κ1) is 38.0. The number of hydrogen-bond acceptors (Lipinski definition) is 10. The molecule has 10 nitrogen and oxygen atoms in total. The molecule has 3 rings (SSSR count). The predicted octanol–water partition coefficient (Wildman–Crippen LogP) is 7.55. The molecular weight excluding hydrogens is 616 g/mol. The van der Waals surface area contributed by atoms with Crippen LogP contribution in [-0.4, -0.2) is 65.3 Å². The average Bonchev–Trinajstić information content (AvgIpc) is 3.09. The van der Waals surface area contributed by atoms with Gasteiger partial charge in [0.15, 0.2) is 0 Å². The van der Waals surface area contributed by atoms with Crippen LogP contribution in [0, 0.1) is 6.92 Å². The normalized spacial score (nSPS) is 10.7. The Balaban J connectivity index is 1.39. The van der Waals surface area contributed by atoms with Gasteiger partial charge in [0.05, 0.1) is 30.9 Å². The highest BCUT2D eigenvalue weighted by Crippen LogP contribution is 2.23. The maximum absolute atomic E-state index is 12.8. The number of carbonyl (C=O) groups excluding carboxylic acids is 2. The molecule has 0 aliphatic carbocycles. The van der Waals surface area contributed by atoms with Gasteiger partial charge in [0.1, 0.15) is 29.6 Å². The van der Waals surface area contributed by atoms with Crippen LogP contribution in [0.2, 0.25) is 0 Å². The van der Waals surface area contributed by atoms with Crippen molar-refractivity contribution in [2.45, 2.75) is 39.0 Å². The number of ether oxygens (including phenoxy) is 6. The van der Waals surface area contributed by atoms with E-state index < -0.39 is 11.9 Å². The third-order valence-electron chi connectivity index (χ3n) is 6.86. The smallest absolute Gasteiger partial charge is 0.343 e. The van der Waals surface area contributed by atoms with Crippen molar-refractivity contribution in [3.63, 3.8) is 0 Å². The molecule has 0 bridgehead atoms. The molecule has 0 saturated heterocycles. The SMILES string of the molecule is C=CCOOCCCOc1ccc(OC(=O)c2ccc(OC(=O)c3ccc(C(=C)OCCCCOCCCCOC)cc3)cc2C)cc1. The molecule has 0 aliphatic rings. The number of rotatable bonds is 24. The number of methoxy groups -OCH3 is 1. The molecule has 0 unspecified atom stereocenters. The van der Waals surface area contributed by atoms with Gasteiger partial charge in [0, 0.05) is 38.9 Å². The van der Waals surface area contributed by atoms with Gasteiger partial charge < -0.3 is 28.4 Å². The van der Waals surface area contributed by atoms with E-state index in [1.165, 1.54) is 0 Å². The van der Waals surface area contributed by atoms with Crippen molar-refractivity contribution in [2.24, 2.45) is 0 Å². The summed E-state index contributed by atoms with van der Waals surface area (Å²) in [4.78, 5) is 35.4.